The molecule has 6 heteroatoms. The molecule has 0 aliphatic heterocycles. The zero-order valence-electron chi connectivity index (χ0n) is 13.0. The van der Waals surface area contributed by atoms with E-state index in [1.807, 2.05) is 0 Å². The molecule has 116 valence electrons. The standard InChI is InChI=1S/C13H32N2O3Si/c1-5-10-16-19(17-11-6-2,18-12-7-3)13(4)15-9-8-14/h13,15H,5-12,14H2,1-4H3. The van der Waals surface area contributed by atoms with Crippen LogP contribution in [-0.2, 0) is 13.3 Å². The highest BCUT2D eigenvalue weighted by molar-refractivity contribution is 6.62. The van der Waals surface area contributed by atoms with Gasteiger partial charge in [-0.05, 0) is 26.2 Å². The van der Waals surface area contributed by atoms with Crippen molar-refractivity contribution in [1.82, 2.24) is 5.32 Å². The van der Waals surface area contributed by atoms with Crippen LogP contribution in [0.5, 0.6) is 0 Å². The molecule has 1 atom stereocenters. The summed E-state index contributed by atoms with van der Waals surface area (Å²) in [5.41, 5.74) is 5.62. The summed E-state index contributed by atoms with van der Waals surface area (Å²) in [4.78, 5) is 0. The molecule has 0 heterocycles. The van der Waals surface area contributed by atoms with Gasteiger partial charge in [-0.25, -0.2) is 0 Å². The normalized spacial score (nSPS) is 13.7. The van der Waals surface area contributed by atoms with Crippen LogP contribution in [0.15, 0.2) is 0 Å². The van der Waals surface area contributed by atoms with E-state index in [1.165, 1.54) is 0 Å². The Kier molecular flexibility index (Phi) is 11.8. The summed E-state index contributed by atoms with van der Waals surface area (Å²) in [6.07, 6.45) is 2.88. The molecule has 3 N–H and O–H groups in total. The third-order valence-corrected chi connectivity index (χ3v) is 5.73. The number of rotatable bonds is 13. The van der Waals surface area contributed by atoms with E-state index < -0.39 is 8.80 Å². The first-order valence-electron chi connectivity index (χ1n) is 7.52. The fourth-order valence-electron chi connectivity index (χ4n) is 1.66. The number of hydrogen-bond donors (Lipinski definition) is 2. The molecule has 1 unspecified atom stereocenters. The molecule has 0 aromatic rings. The minimum Gasteiger partial charge on any atom is -0.373 e. The van der Waals surface area contributed by atoms with Gasteiger partial charge in [0.2, 0.25) is 0 Å². The SMILES string of the molecule is CCCO[Si](OCCC)(OCCC)C(C)NCCN. The Morgan fingerprint density at radius 2 is 1.37 bits per heavy atom. The summed E-state index contributed by atoms with van der Waals surface area (Å²) in [6, 6.07) is 0. The van der Waals surface area contributed by atoms with Crippen molar-refractivity contribution in [3.05, 3.63) is 0 Å². The van der Waals surface area contributed by atoms with E-state index in [2.05, 4.69) is 33.0 Å². The highest BCUT2D eigenvalue weighted by Gasteiger charge is 2.47. The Labute approximate surface area is 119 Å². The molecule has 5 nitrogen and oxygen atoms in total. The molecule has 0 fully saturated rings. The number of nitrogens with two attached hydrogens (primary N) is 1. The van der Waals surface area contributed by atoms with E-state index >= 15 is 0 Å². The summed E-state index contributed by atoms with van der Waals surface area (Å²) in [5, 5.41) is 3.36. The van der Waals surface area contributed by atoms with E-state index in [-0.39, 0.29) is 5.67 Å². The average Bonchev–Trinajstić information content (AvgIpc) is 2.44. The van der Waals surface area contributed by atoms with Gasteiger partial charge < -0.3 is 24.3 Å². The predicted molar refractivity (Wildman–Crippen MR) is 81.0 cm³/mol. The van der Waals surface area contributed by atoms with Gasteiger partial charge in [0.25, 0.3) is 0 Å². The second-order valence-electron chi connectivity index (χ2n) is 4.61. The Morgan fingerprint density at radius 3 is 1.68 bits per heavy atom. The summed E-state index contributed by atoms with van der Waals surface area (Å²) in [6.45, 7) is 11.7. The predicted octanol–water partition coefficient (Wildman–Crippen LogP) is 1.68. The van der Waals surface area contributed by atoms with Crippen molar-refractivity contribution in [2.75, 3.05) is 32.9 Å². The van der Waals surface area contributed by atoms with Crippen molar-refractivity contribution in [2.45, 2.75) is 52.6 Å². The number of hydrogen-bond acceptors (Lipinski definition) is 5. The first-order valence-corrected chi connectivity index (χ1v) is 9.32. The molecule has 0 amide bonds. The van der Waals surface area contributed by atoms with Gasteiger partial charge in [0.1, 0.15) is 0 Å². The van der Waals surface area contributed by atoms with Crippen LogP contribution in [0.2, 0.25) is 0 Å². The molecule has 0 radical (unpaired) electrons. The van der Waals surface area contributed by atoms with E-state index in [4.69, 9.17) is 19.0 Å². The summed E-state index contributed by atoms with van der Waals surface area (Å²) < 4.78 is 18.1. The lowest BCUT2D eigenvalue weighted by Gasteiger charge is -2.34. The van der Waals surface area contributed by atoms with Crippen LogP contribution in [0.3, 0.4) is 0 Å². The zero-order valence-corrected chi connectivity index (χ0v) is 14.0. The lowest BCUT2D eigenvalue weighted by atomic mass is 10.5. The summed E-state index contributed by atoms with van der Waals surface area (Å²) in [7, 11) is -2.67. The van der Waals surface area contributed by atoms with Gasteiger partial charge in [-0.1, -0.05) is 20.8 Å². The topological polar surface area (TPSA) is 65.7 Å². The fraction of sp³-hybridized carbons (Fsp3) is 1.00. The van der Waals surface area contributed by atoms with Crippen molar-refractivity contribution >= 4 is 8.80 Å². The van der Waals surface area contributed by atoms with Crippen molar-refractivity contribution in [1.29, 1.82) is 0 Å². The Bertz CT molecular complexity index is 187. The van der Waals surface area contributed by atoms with E-state index in [9.17, 15) is 0 Å². The van der Waals surface area contributed by atoms with Gasteiger partial charge in [-0.2, -0.15) is 0 Å². The van der Waals surface area contributed by atoms with Crippen LogP contribution < -0.4 is 11.1 Å². The van der Waals surface area contributed by atoms with Crippen molar-refractivity contribution in [3.8, 4) is 0 Å². The minimum absolute atomic E-state index is 0.0701. The van der Waals surface area contributed by atoms with E-state index in [1.54, 1.807) is 0 Å². The van der Waals surface area contributed by atoms with Crippen molar-refractivity contribution in [2.24, 2.45) is 5.73 Å². The maximum absolute atomic E-state index is 6.03. The maximum atomic E-state index is 6.03. The Balaban J connectivity index is 4.73. The average molecular weight is 292 g/mol. The monoisotopic (exact) mass is 292 g/mol. The van der Waals surface area contributed by atoms with E-state index in [0.717, 1.165) is 25.8 Å². The quantitative estimate of drug-likeness (QED) is 0.506. The molecule has 0 rings (SSSR count). The van der Waals surface area contributed by atoms with Gasteiger partial charge in [-0.15, -0.1) is 0 Å². The maximum Gasteiger partial charge on any atom is 0.518 e. The van der Waals surface area contributed by atoms with Crippen LogP contribution in [0.25, 0.3) is 0 Å². The summed E-state index contributed by atoms with van der Waals surface area (Å²) >= 11 is 0. The van der Waals surface area contributed by atoms with Crippen LogP contribution in [0, 0.1) is 0 Å². The molecular formula is C13H32N2O3Si. The van der Waals surface area contributed by atoms with Gasteiger partial charge in [0.05, 0.1) is 5.67 Å². The van der Waals surface area contributed by atoms with Gasteiger partial charge in [-0.3, -0.25) is 0 Å². The third-order valence-electron chi connectivity index (χ3n) is 2.65. The van der Waals surface area contributed by atoms with Crippen molar-refractivity contribution in [3.63, 3.8) is 0 Å². The van der Waals surface area contributed by atoms with Crippen molar-refractivity contribution < 1.29 is 13.3 Å². The Morgan fingerprint density at radius 1 is 0.947 bits per heavy atom. The van der Waals surface area contributed by atoms with Crippen LogP contribution >= 0.6 is 0 Å². The lowest BCUT2D eigenvalue weighted by molar-refractivity contribution is 0.0486. The first kappa shape index (κ1) is 19.0. The Hall–Kier alpha value is 0.0169. The molecule has 0 aromatic carbocycles. The molecule has 0 aliphatic carbocycles. The highest BCUT2D eigenvalue weighted by Crippen LogP contribution is 2.16. The lowest BCUT2D eigenvalue weighted by Crippen LogP contribution is -2.61. The molecule has 0 aliphatic rings. The zero-order chi connectivity index (χ0) is 14.6. The van der Waals surface area contributed by atoms with Gasteiger partial charge in [0.15, 0.2) is 0 Å². The molecular weight excluding hydrogens is 260 g/mol. The smallest absolute Gasteiger partial charge is 0.373 e. The number of nitrogens with one attached hydrogen (secondary N) is 1. The molecule has 0 saturated heterocycles. The third kappa shape index (κ3) is 7.39. The van der Waals surface area contributed by atoms with Crippen LogP contribution in [0.4, 0.5) is 0 Å². The largest absolute Gasteiger partial charge is 0.518 e. The van der Waals surface area contributed by atoms with Gasteiger partial charge >= 0.3 is 8.80 Å². The molecule has 19 heavy (non-hydrogen) atoms. The van der Waals surface area contributed by atoms with E-state index in [0.29, 0.717) is 26.4 Å². The second kappa shape index (κ2) is 11.8. The minimum atomic E-state index is -2.67. The second-order valence-corrected chi connectivity index (χ2v) is 7.55. The molecule has 0 bridgehead atoms. The first-order chi connectivity index (χ1) is 9.16. The van der Waals surface area contributed by atoms with Crippen LogP contribution in [-0.4, -0.2) is 47.4 Å². The molecule has 0 aromatic heterocycles. The summed E-state index contributed by atoms with van der Waals surface area (Å²) in [5.74, 6) is 0. The van der Waals surface area contributed by atoms with Gasteiger partial charge in [0, 0.05) is 32.9 Å². The fourth-order valence-corrected chi connectivity index (χ4v) is 4.52. The molecule has 0 spiro atoms. The highest BCUT2D eigenvalue weighted by atomic mass is 28.4. The molecule has 0 saturated carbocycles. The van der Waals surface area contributed by atoms with Crippen LogP contribution in [0.1, 0.15) is 47.0 Å².